The molecule has 0 aromatic heterocycles. The minimum atomic E-state index is -0.313. The summed E-state index contributed by atoms with van der Waals surface area (Å²) in [4.78, 5) is 12.0. The number of carbonyl (C=O) groups excluding carboxylic acids is 1. The van der Waals surface area contributed by atoms with Crippen LogP contribution in [0.3, 0.4) is 0 Å². The van der Waals surface area contributed by atoms with Gasteiger partial charge >= 0.3 is 0 Å². The molecule has 1 atom stereocenters. The van der Waals surface area contributed by atoms with Gasteiger partial charge in [0, 0.05) is 5.69 Å². The summed E-state index contributed by atoms with van der Waals surface area (Å²) in [5, 5.41) is 12.3. The van der Waals surface area contributed by atoms with E-state index in [9.17, 15) is 9.90 Å². The predicted molar refractivity (Wildman–Crippen MR) is 73.7 cm³/mol. The Labute approximate surface area is 112 Å². The molecule has 4 nitrogen and oxygen atoms in total. The molecule has 1 unspecified atom stereocenters. The molecule has 0 saturated heterocycles. The van der Waals surface area contributed by atoms with Gasteiger partial charge < -0.3 is 16.2 Å². The van der Waals surface area contributed by atoms with Gasteiger partial charge in [-0.25, -0.2) is 0 Å². The SMILES string of the molecule is CC(C)CC(CO)NC(=O)c1cc(N)ccc1Cl. The third kappa shape index (κ3) is 4.20. The Morgan fingerprint density at radius 2 is 2.17 bits per heavy atom. The van der Waals surface area contributed by atoms with E-state index < -0.39 is 0 Å². The van der Waals surface area contributed by atoms with Crippen LogP contribution in [0.1, 0.15) is 30.6 Å². The minimum Gasteiger partial charge on any atom is -0.399 e. The number of nitrogens with two attached hydrogens (primary N) is 1. The number of halogens is 1. The average molecular weight is 271 g/mol. The van der Waals surface area contributed by atoms with E-state index in [4.69, 9.17) is 17.3 Å². The zero-order valence-corrected chi connectivity index (χ0v) is 11.4. The number of hydrogen-bond donors (Lipinski definition) is 3. The summed E-state index contributed by atoms with van der Waals surface area (Å²) in [6, 6.07) is 4.48. The fourth-order valence-electron chi connectivity index (χ4n) is 1.73. The lowest BCUT2D eigenvalue weighted by atomic mass is 10.0. The van der Waals surface area contributed by atoms with Crippen molar-refractivity contribution in [2.75, 3.05) is 12.3 Å². The first-order valence-electron chi connectivity index (χ1n) is 5.90. The Balaban J connectivity index is 2.77. The lowest BCUT2D eigenvalue weighted by Crippen LogP contribution is -2.38. The molecule has 0 aliphatic carbocycles. The Morgan fingerprint density at radius 3 is 2.72 bits per heavy atom. The van der Waals surface area contributed by atoms with Crippen LogP contribution in [0.2, 0.25) is 5.02 Å². The van der Waals surface area contributed by atoms with E-state index in [2.05, 4.69) is 5.32 Å². The smallest absolute Gasteiger partial charge is 0.253 e. The van der Waals surface area contributed by atoms with Crippen molar-refractivity contribution < 1.29 is 9.90 Å². The second-order valence-corrected chi connectivity index (χ2v) is 5.13. The number of aliphatic hydroxyl groups excluding tert-OH is 1. The number of benzene rings is 1. The number of rotatable bonds is 5. The summed E-state index contributed by atoms with van der Waals surface area (Å²) in [5.41, 5.74) is 6.43. The zero-order chi connectivity index (χ0) is 13.7. The van der Waals surface area contributed by atoms with E-state index in [1.54, 1.807) is 12.1 Å². The quantitative estimate of drug-likeness (QED) is 0.717. The van der Waals surface area contributed by atoms with Crippen LogP contribution in [0.25, 0.3) is 0 Å². The van der Waals surface area contributed by atoms with E-state index in [1.165, 1.54) is 6.07 Å². The molecule has 1 rings (SSSR count). The molecule has 1 amide bonds. The van der Waals surface area contributed by atoms with Crippen molar-refractivity contribution in [2.24, 2.45) is 5.92 Å². The Kier molecular flexibility index (Phi) is 5.44. The molecule has 100 valence electrons. The van der Waals surface area contributed by atoms with Crippen molar-refractivity contribution in [1.82, 2.24) is 5.32 Å². The van der Waals surface area contributed by atoms with Crippen LogP contribution in [0.4, 0.5) is 5.69 Å². The number of hydrogen-bond acceptors (Lipinski definition) is 3. The van der Waals surface area contributed by atoms with Gasteiger partial charge in [0.1, 0.15) is 0 Å². The normalized spacial score (nSPS) is 12.5. The highest BCUT2D eigenvalue weighted by Crippen LogP contribution is 2.19. The standard InChI is InChI=1S/C13H19ClN2O2/c1-8(2)5-10(7-17)16-13(18)11-6-9(15)3-4-12(11)14/h3-4,6,8,10,17H,5,7,15H2,1-2H3,(H,16,18). The van der Waals surface area contributed by atoms with Crippen molar-refractivity contribution in [3.8, 4) is 0 Å². The monoisotopic (exact) mass is 270 g/mol. The molecule has 0 aliphatic heterocycles. The van der Waals surface area contributed by atoms with Gasteiger partial charge in [-0.05, 0) is 30.5 Å². The van der Waals surface area contributed by atoms with Crippen LogP contribution in [-0.4, -0.2) is 23.7 Å². The van der Waals surface area contributed by atoms with E-state index in [0.717, 1.165) is 0 Å². The number of nitrogens with one attached hydrogen (secondary N) is 1. The number of amides is 1. The molecule has 1 aromatic carbocycles. The third-order valence-electron chi connectivity index (χ3n) is 2.55. The van der Waals surface area contributed by atoms with Crippen molar-refractivity contribution in [1.29, 1.82) is 0 Å². The number of anilines is 1. The van der Waals surface area contributed by atoms with Crippen LogP contribution in [0, 0.1) is 5.92 Å². The maximum Gasteiger partial charge on any atom is 0.253 e. The van der Waals surface area contributed by atoms with Gasteiger partial charge in [0.05, 0.1) is 23.2 Å². The fraction of sp³-hybridized carbons (Fsp3) is 0.462. The van der Waals surface area contributed by atoms with Crippen molar-refractivity contribution >= 4 is 23.2 Å². The van der Waals surface area contributed by atoms with Crippen molar-refractivity contribution in [2.45, 2.75) is 26.3 Å². The van der Waals surface area contributed by atoms with Crippen LogP contribution in [0.15, 0.2) is 18.2 Å². The molecule has 0 bridgehead atoms. The third-order valence-corrected chi connectivity index (χ3v) is 2.88. The molecule has 1 aromatic rings. The molecule has 0 aliphatic rings. The maximum atomic E-state index is 12.0. The van der Waals surface area contributed by atoms with Crippen LogP contribution >= 0.6 is 11.6 Å². The van der Waals surface area contributed by atoms with E-state index in [0.29, 0.717) is 28.6 Å². The largest absolute Gasteiger partial charge is 0.399 e. The summed E-state index contributed by atoms with van der Waals surface area (Å²) in [7, 11) is 0. The first-order valence-corrected chi connectivity index (χ1v) is 6.28. The molecule has 18 heavy (non-hydrogen) atoms. The molecule has 0 fully saturated rings. The second kappa shape index (κ2) is 6.61. The summed E-state index contributed by atoms with van der Waals surface area (Å²) in [6.45, 7) is 3.97. The maximum absolute atomic E-state index is 12.0. The first kappa shape index (κ1) is 14.8. The predicted octanol–water partition coefficient (Wildman–Crippen LogP) is 2.06. The zero-order valence-electron chi connectivity index (χ0n) is 10.6. The molecular formula is C13H19ClN2O2. The lowest BCUT2D eigenvalue weighted by Gasteiger charge is -2.18. The highest BCUT2D eigenvalue weighted by molar-refractivity contribution is 6.34. The van der Waals surface area contributed by atoms with Gasteiger partial charge in [-0.2, -0.15) is 0 Å². The van der Waals surface area contributed by atoms with E-state index >= 15 is 0 Å². The first-order chi connectivity index (χ1) is 8.43. The number of carbonyl (C=O) groups is 1. The molecule has 0 heterocycles. The molecule has 4 N–H and O–H groups in total. The van der Waals surface area contributed by atoms with E-state index in [-0.39, 0.29) is 18.6 Å². The van der Waals surface area contributed by atoms with Crippen LogP contribution < -0.4 is 11.1 Å². The Bertz CT molecular complexity index is 421. The van der Waals surface area contributed by atoms with Gasteiger partial charge in [0.2, 0.25) is 0 Å². The Morgan fingerprint density at radius 1 is 1.50 bits per heavy atom. The molecule has 0 radical (unpaired) electrons. The Hall–Kier alpha value is -1.26. The summed E-state index contributed by atoms with van der Waals surface area (Å²) in [6.07, 6.45) is 0.710. The minimum absolute atomic E-state index is 0.0934. The van der Waals surface area contributed by atoms with Crippen molar-refractivity contribution in [3.05, 3.63) is 28.8 Å². The van der Waals surface area contributed by atoms with Gasteiger partial charge in [-0.1, -0.05) is 25.4 Å². The summed E-state index contributed by atoms with van der Waals surface area (Å²) < 4.78 is 0. The average Bonchev–Trinajstić information content (AvgIpc) is 2.30. The van der Waals surface area contributed by atoms with Gasteiger partial charge in [0.25, 0.3) is 5.91 Å². The van der Waals surface area contributed by atoms with Gasteiger partial charge in [0.15, 0.2) is 0 Å². The summed E-state index contributed by atoms with van der Waals surface area (Å²) in [5.74, 6) is 0.0748. The molecule has 0 saturated carbocycles. The van der Waals surface area contributed by atoms with Gasteiger partial charge in [-0.15, -0.1) is 0 Å². The lowest BCUT2D eigenvalue weighted by molar-refractivity contribution is 0.0908. The van der Waals surface area contributed by atoms with Crippen LogP contribution in [-0.2, 0) is 0 Å². The second-order valence-electron chi connectivity index (χ2n) is 4.72. The highest BCUT2D eigenvalue weighted by Gasteiger charge is 2.16. The molecular weight excluding hydrogens is 252 g/mol. The highest BCUT2D eigenvalue weighted by atomic mass is 35.5. The molecule has 5 heteroatoms. The number of nitrogen functional groups attached to an aromatic ring is 1. The van der Waals surface area contributed by atoms with Crippen molar-refractivity contribution in [3.63, 3.8) is 0 Å². The molecule has 0 spiro atoms. The van der Waals surface area contributed by atoms with E-state index in [1.807, 2.05) is 13.8 Å². The number of aliphatic hydroxyl groups is 1. The fourth-order valence-corrected chi connectivity index (χ4v) is 1.93. The topological polar surface area (TPSA) is 75.3 Å². The van der Waals surface area contributed by atoms with Gasteiger partial charge in [-0.3, -0.25) is 4.79 Å². The summed E-state index contributed by atoms with van der Waals surface area (Å²) >= 11 is 5.94. The van der Waals surface area contributed by atoms with Crippen LogP contribution in [0.5, 0.6) is 0 Å².